The van der Waals surface area contributed by atoms with Gasteiger partial charge in [0, 0.05) is 68.7 Å². The van der Waals surface area contributed by atoms with Crippen molar-refractivity contribution >= 4 is 45.3 Å². The van der Waals surface area contributed by atoms with Gasteiger partial charge in [-0.2, -0.15) is 0 Å². The minimum atomic E-state index is 0.904. The predicted octanol–water partition coefficient (Wildman–Crippen LogP) is 20.2. The number of nitrogens with zero attached hydrogens (tertiary/aromatic N) is 5. The van der Waals surface area contributed by atoms with Gasteiger partial charge in [0.1, 0.15) is 5.65 Å². The van der Waals surface area contributed by atoms with Crippen LogP contribution in [-0.4, -0.2) is 13.8 Å². The van der Waals surface area contributed by atoms with Crippen LogP contribution in [0, 0.1) is 0 Å². The highest BCUT2D eigenvalue weighted by atomic mass is 15.1. The molecule has 0 radical (unpaired) electrons. The Morgan fingerprint density at radius 1 is 0.237 bits per heavy atom. The molecule has 0 spiro atoms. The standard InChI is InChI=1S/C75H53N5/c1-5-21-54(22-6-1)60-29-17-34-67(49-60)79(69-36-19-31-62(51-69)71-53-66-33-13-15-47-77(66)74(71)58-25-9-3-10-26-58)64-43-39-56(40-44-64)57-41-45-65(46-42-57)80(68-35-18-30-61(50-68)55-23-7-2-8-24-55)70-37-20-32-63(52-70)73-75(59-27-11-4-12-28-59)78-48-16-14-38-72(78)76-73/h1-53H. The molecule has 0 saturated carbocycles. The third-order valence-corrected chi connectivity index (χ3v) is 15.1. The van der Waals surface area contributed by atoms with E-state index in [4.69, 9.17) is 4.98 Å². The number of hydrogen-bond donors (Lipinski definition) is 0. The van der Waals surface area contributed by atoms with Gasteiger partial charge in [0.25, 0.3) is 0 Å². The summed E-state index contributed by atoms with van der Waals surface area (Å²) < 4.78 is 4.49. The van der Waals surface area contributed by atoms with Crippen LogP contribution in [-0.2, 0) is 0 Å². The van der Waals surface area contributed by atoms with Crippen molar-refractivity contribution in [3.8, 4) is 78.3 Å². The SMILES string of the molecule is c1ccc(-c2cccc(N(c3ccc(-c4ccc(N(c5cccc(-c6ccccc6)c5)c5cccc(-c6nc7ccccn7c6-c6ccccc6)c5)cc4)cc3)c3cccc(-c4cc5ccccn5c4-c4ccccc4)c3)c2)cc1. The van der Waals surface area contributed by atoms with E-state index < -0.39 is 0 Å². The number of pyridine rings is 2. The van der Waals surface area contributed by atoms with Gasteiger partial charge in [0.05, 0.1) is 17.1 Å². The number of imidazole rings is 1. The highest BCUT2D eigenvalue weighted by molar-refractivity contribution is 5.91. The van der Waals surface area contributed by atoms with E-state index in [1.54, 1.807) is 0 Å². The van der Waals surface area contributed by atoms with Gasteiger partial charge in [-0.15, -0.1) is 0 Å². The second kappa shape index (κ2) is 21.0. The fourth-order valence-electron chi connectivity index (χ4n) is 11.3. The molecule has 5 nitrogen and oxygen atoms in total. The van der Waals surface area contributed by atoms with Crippen molar-refractivity contribution in [2.75, 3.05) is 9.80 Å². The molecule has 0 saturated heterocycles. The van der Waals surface area contributed by atoms with E-state index in [1.807, 2.05) is 6.07 Å². The summed E-state index contributed by atoms with van der Waals surface area (Å²) in [6.45, 7) is 0. The first-order chi connectivity index (χ1) is 39.7. The molecule has 4 heterocycles. The quantitative estimate of drug-likeness (QED) is 0.115. The molecule has 4 aromatic heterocycles. The minimum Gasteiger partial charge on any atom is -0.316 e. The average Bonchev–Trinajstić information content (AvgIpc) is 4.29. The second-order valence-electron chi connectivity index (χ2n) is 20.1. The third kappa shape index (κ3) is 9.19. The van der Waals surface area contributed by atoms with Crippen LogP contribution in [0.25, 0.3) is 89.4 Å². The van der Waals surface area contributed by atoms with Gasteiger partial charge in [0.15, 0.2) is 0 Å². The van der Waals surface area contributed by atoms with Crippen LogP contribution in [0.2, 0.25) is 0 Å². The van der Waals surface area contributed by atoms with Crippen molar-refractivity contribution < 1.29 is 0 Å². The monoisotopic (exact) mass is 1020 g/mol. The maximum absolute atomic E-state index is 5.25. The van der Waals surface area contributed by atoms with Gasteiger partial charge in [-0.25, -0.2) is 4.98 Å². The lowest BCUT2D eigenvalue weighted by atomic mass is 9.99. The van der Waals surface area contributed by atoms with Crippen molar-refractivity contribution in [2.45, 2.75) is 0 Å². The lowest BCUT2D eigenvalue weighted by Crippen LogP contribution is -2.10. The lowest BCUT2D eigenvalue weighted by Gasteiger charge is -2.27. The zero-order chi connectivity index (χ0) is 53.2. The summed E-state index contributed by atoms with van der Waals surface area (Å²) in [4.78, 5) is 9.99. The molecular formula is C75H53N5. The molecule has 378 valence electrons. The maximum Gasteiger partial charge on any atom is 0.137 e. The number of rotatable bonds is 13. The van der Waals surface area contributed by atoms with Gasteiger partial charge in [-0.05, 0) is 148 Å². The molecule has 14 aromatic rings. The van der Waals surface area contributed by atoms with Crippen molar-refractivity contribution in [1.29, 1.82) is 0 Å². The van der Waals surface area contributed by atoms with Crippen molar-refractivity contribution in [2.24, 2.45) is 0 Å². The Labute approximate surface area is 466 Å². The fraction of sp³-hybridized carbons (Fsp3) is 0. The Morgan fingerprint density at radius 2 is 0.613 bits per heavy atom. The summed E-state index contributed by atoms with van der Waals surface area (Å²) in [7, 11) is 0. The first kappa shape index (κ1) is 47.7. The molecule has 5 heteroatoms. The van der Waals surface area contributed by atoms with E-state index in [9.17, 15) is 0 Å². The van der Waals surface area contributed by atoms with Crippen LogP contribution < -0.4 is 9.80 Å². The van der Waals surface area contributed by atoms with Crippen LogP contribution in [0.4, 0.5) is 34.1 Å². The first-order valence-corrected chi connectivity index (χ1v) is 27.2. The molecule has 0 fully saturated rings. The number of fused-ring (bicyclic) bond motifs is 2. The lowest BCUT2D eigenvalue weighted by molar-refractivity contribution is 1.19. The van der Waals surface area contributed by atoms with Crippen LogP contribution >= 0.6 is 0 Å². The molecule has 0 unspecified atom stereocenters. The molecule has 0 atom stereocenters. The van der Waals surface area contributed by atoms with Crippen LogP contribution in [0.5, 0.6) is 0 Å². The second-order valence-corrected chi connectivity index (χ2v) is 20.1. The highest BCUT2D eigenvalue weighted by Gasteiger charge is 2.21. The van der Waals surface area contributed by atoms with Gasteiger partial charge < -0.3 is 14.2 Å². The largest absolute Gasteiger partial charge is 0.316 e. The number of hydrogen-bond acceptors (Lipinski definition) is 3. The summed E-state index contributed by atoms with van der Waals surface area (Å²) in [6, 6.07) is 111. The summed E-state index contributed by atoms with van der Waals surface area (Å²) in [5.41, 5.74) is 24.1. The molecule has 0 aliphatic rings. The Balaban J connectivity index is 0.843. The summed E-state index contributed by atoms with van der Waals surface area (Å²) in [5.74, 6) is 0. The van der Waals surface area contributed by atoms with Crippen molar-refractivity contribution in [3.05, 3.63) is 322 Å². The van der Waals surface area contributed by atoms with E-state index in [0.717, 1.165) is 95.6 Å². The molecule has 0 aliphatic carbocycles. The van der Waals surface area contributed by atoms with Crippen LogP contribution in [0.1, 0.15) is 0 Å². The predicted molar refractivity (Wildman–Crippen MR) is 334 cm³/mol. The topological polar surface area (TPSA) is 28.2 Å². The Morgan fingerprint density at radius 3 is 1.12 bits per heavy atom. The molecule has 10 aromatic carbocycles. The first-order valence-electron chi connectivity index (χ1n) is 27.2. The van der Waals surface area contributed by atoms with E-state index in [0.29, 0.717) is 0 Å². The fourth-order valence-corrected chi connectivity index (χ4v) is 11.3. The van der Waals surface area contributed by atoms with Gasteiger partial charge >= 0.3 is 0 Å². The normalized spacial score (nSPS) is 11.2. The van der Waals surface area contributed by atoms with Crippen molar-refractivity contribution in [1.82, 2.24) is 13.8 Å². The van der Waals surface area contributed by atoms with Crippen molar-refractivity contribution in [3.63, 3.8) is 0 Å². The molecule has 14 rings (SSSR count). The zero-order valence-electron chi connectivity index (χ0n) is 43.8. The summed E-state index contributed by atoms with van der Waals surface area (Å²) >= 11 is 0. The average molecular weight is 1020 g/mol. The van der Waals surface area contributed by atoms with Gasteiger partial charge in [0.2, 0.25) is 0 Å². The van der Waals surface area contributed by atoms with E-state index in [-0.39, 0.29) is 0 Å². The Bertz CT molecular complexity index is 4160. The Hall–Kier alpha value is -10.8. The number of anilines is 6. The molecular weight excluding hydrogens is 971 g/mol. The minimum absolute atomic E-state index is 0.904. The van der Waals surface area contributed by atoms with E-state index >= 15 is 0 Å². The maximum atomic E-state index is 5.25. The number of aromatic nitrogens is 3. The molecule has 0 amide bonds. The summed E-state index contributed by atoms with van der Waals surface area (Å²) in [5, 5.41) is 0. The molecule has 0 bridgehead atoms. The van der Waals surface area contributed by atoms with Crippen LogP contribution in [0.3, 0.4) is 0 Å². The highest BCUT2D eigenvalue weighted by Crippen LogP contribution is 2.44. The third-order valence-electron chi connectivity index (χ3n) is 15.1. The van der Waals surface area contributed by atoms with E-state index in [1.165, 1.54) is 27.9 Å². The summed E-state index contributed by atoms with van der Waals surface area (Å²) in [6.07, 6.45) is 4.26. The Kier molecular flexibility index (Phi) is 12.5. The number of benzene rings is 10. The molecule has 80 heavy (non-hydrogen) atoms. The van der Waals surface area contributed by atoms with Crippen LogP contribution in [0.15, 0.2) is 322 Å². The van der Waals surface area contributed by atoms with Gasteiger partial charge in [-0.1, -0.05) is 206 Å². The van der Waals surface area contributed by atoms with Gasteiger partial charge in [-0.3, -0.25) is 4.40 Å². The molecule has 0 aliphatic heterocycles. The van der Waals surface area contributed by atoms with E-state index in [2.05, 4.69) is 334 Å². The zero-order valence-corrected chi connectivity index (χ0v) is 43.8. The smallest absolute Gasteiger partial charge is 0.137 e. The molecule has 0 N–H and O–H groups in total.